The smallest absolute Gasteiger partial charge is 0.350 e. The number of nitriles is 1. The van der Waals surface area contributed by atoms with Gasteiger partial charge in [-0.2, -0.15) is 5.26 Å². The number of nitrogens with zero attached hydrogens (tertiary/aromatic N) is 2. The number of hydrogen-bond acceptors (Lipinski definition) is 9. The van der Waals surface area contributed by atoms with E-state index in [-0.39, 0.29) is 28.6 Å². The van der Waals surface area contributed by atoms with Gasteiger partial charge in [0.15, 0.2) is 11.5 Å². The lowest BCUT2D eigenvalue weighted by Crippen LogP contribution is -2.05. The average Bonchev–Trinajstić information content (AvgIpc) is 3.02. The van der Waals surface area contributed by atoms with Crippen LogP contribution in [-0.2, 0) is 4.74 Å². The number of anilines is 2. The van der Waals surface area contributed by atoms with E-state index in [9.17, 15) is 10.1 Å². The summed E-state index contributed by atoms with van der Waals surface area (Å²) in [6, 6.07) is 7.28. The van der Waals surface area contributed by atoms with Crippen molar-refractivity contribution in [2.45, 2.75) is 6.92 Å². The van der Waals surface area contributed by atoms with Crippen LogP contribution in [0.15, 0.2) is 18.2 Å². The first-order valence-corrected chi connectivity index (χ1v) is 9.09. The zero-order chi connectivity index (χ0) is 20.4. The lowest BCUT2D eigenvalue weighted by molar-refractivity contribution is 0.0533. The molecule has 0 saturated carbocycles. The van der Waals surface area contributed by atoms with Crippen molar-refractivity contribution in [1.29, 1.82) is 5.26 Å². The number of nitrogen functional groups attached to an aromatic ring is 2. The molecule has 3 aromatic rings. The van der Waals surface area contributed by atoms with Gasteiger partial charge in [-0.3, -0.25) is 0 Å². The topological polar surface area (TPSA) is 133 Å². The zero-order valence-corrected chi connectivity index (χ0v) is 16.3. The normalized spacial score (nSPS) is 10.5. The molecule has 0 atom stereocenters. The van der Waals surface area contributed by atoms with Gasteiger partial charge in [0.05, 0.1) is 26.5 Å². The van der Waals surface area contributed by atoms with Gasteiger partial charge in [-0.15, -0.1) is 11.3 Å². The van der Waals surface area contributed by atoms with Crippen LogP contribution in [0.5, 0.6) is 11.5 Å². The Morgan fingerprint density at radius 3 is 2.57 bits per heavy atom. The number of carbonyl (C=O) groups excluding carboxylic acids is 1. The first kappa shape index (κ1) is 19.3. The van der Waals surface area contributed by atoms with Crippen molar-refractivity contribution in [1.82, 2.24) is 4.98 Å². The van der Waals surface area contributed by atoms with Gasteiger partial charge >= 0.3 is 5.97 Å². The molecule has 144 valence electrons. The fourth-order valence-corrected chi connectivity index (χ4v) is 3.92. The van der Waals surface area contributed by atoms with E-state index < -0.39 is 5.97 Å². The monoisotopic (exact) mass is 398 g/mol. The van der Waals surface area contributed by atoms with Gasteiger partial charge in [-0.25, -0.2) is 9.78 Å². The number of pyridine rings is 1. The van der Waals surface area contributed by atoms with Gasteiger partial charge in [-0.05, 0) is 24.6 Å². The molecule has 0 spiro atoms. The third kappa shape index (κ3) is 3.04. The summed E-state index contributed by atoms with van der Waals surface area (Å²) in [6.45, 7) is 1.93. The van der Waals surface area contributed by atoms with Crippen LogP contribution < -0.4 is 20.9 Å². The summed E-state index contributed by atoms with van der Waals surface area (Å²) in [5, 5.41) is 10.2. The second-order valence-electron chi connectivity index (χ2n) is 5.67. The van der Waals surface area contributed by atoms with E-state index in [2.05, 4.69) is 11.1 Å². The van der Waals surface area contributed by atoms with Gasteiger partial charge in [0, 0.05) is 10.9 Å². The summed E-state index contributed by atoms with van der Waals surface area (Å²) < 4.78 is 15.7. The lowest BCUT2D eigenvalue weighted by Gasteiger charge is -2.13. The molecule has 9 heteroatoms. The van der Waals surface area contributed by atoms with E-state index in [0.717, 1.165) is 11.3 Å². The second-order valence-corrected chi connectivity index (χ2v) is 6.67. The molecule has 28 heavy (non-hydrogen) atoms. The molecule has 3 rings (SSSR count). The molecular weight excluding hydrogens is 380 g/mol. The first-order chi connectivity index (χ1) is 13.5. The number of nitrogens with two attached hydrogens (primary N) is 2. The molecule has 0 amide bonds. The van der Waals surface area contributed by atoms with Crippen molar-refractivity contribution in [3.05, 3.63) is 28.6 Å². The van der Waals surface area contributed by atoms with Gasteiger partial charge < -0.3 is 25.7 Å². The minimum atomic E-state index is -0.543. The zero-order valence-electron chi connectivity index (χ0n) is 15.5. The summed E-state index contributed by atoms with van der Waals surface area (Å²) in [5.74, 6) is 0.523. The van der Waals surface area contributed by atoms with Crippen molar-refractivity contribution in [2.24, 2.45) is 0 Å². The Morgan fingerprint density at radius 2 is 1.96 bits per heavy atom. The van der Waals surface area contributed by atoms with Crippen LogP contribution in [0.25, 0.3) is 21.3 Å². The second kappa shape index (κ2) is 7.62. The number of aromatic nitrogens is 1. The van der Waals surface area contributed by atoms with Crippen molar-refractivity contribution in [3.63, 3.8) is 0 Å². The van der Waals surface area contributed by atoms with Crippen LogP contribution in [0.2, 0.25) is 0 Å². The molecule has 0 saturated heterocycles. The van der Waals surface area contributed by atoms with E-state index in [0.29, 0.717) is 32.8 Å². The Balaban J connectivity index is 2.38. The Hall–Kier alpha value is -3.51. The predicted octanol–water partition coefficient (Wildman–Crippen LogP) is 3.19. The number of hydrogen-bond donors (Lipinski definition) is 2. The number of benzene rings is 1. The van der Waals surface area contributed by atoms with E-state index in [1.165, 1.54) is 14.2 Å². The third-order valence-corrected chi connectivity index (χ3v) is 5.23. The Morgan fingerprint density at radius 1 is 1.25 bits per heavy atom. The fourth-order valence-electron chi connectivity index (χ4n) is 2.91. The molecule has 1 aromatic carbocycles. The van der Waals surface area contributed by atoms with Crippen molar-refractivity contribution in [2.75, 3.05) is 32.3 Å². The standard InChI is InChI=1S/C19H18N4O4S/c1-4-27-19(24)16-15(21)14-13(10(8-20)17(22)23-18(14)28-16)9-5-6-11(25-2)12(7-9)26-3/h5-7H,4,21H2,1-3H3,(H2,22,23). The summed E-state index contributed by atoms with van der Waals surface area (Å²) in [5.41, 5.74) is 13.8. The van der Waals surface area contributed by atoms with Crippen molar-refractivity contribution in [3.8, 4) is 28.7 Å². The van der Waals surface area contributed by atoms with E-state index in [1.807, 2.05) is 0 Å². The molecule has 4 N–H and O–H groups in total. The minimum absolute atomic E-state index is 0.0523. The number of rotatable bonds is 5. The molecule has 0 bridgehead atoms. The molecule has 0 fully saturated rings. The van der Waals surface area contributed by atoms with E-state index in [1.54, 1.807) is 25.1 Å². The molecule has 2 heterocycles. The minimum Gasteiger partial charge on any atom is -0.493 e. The molecule has 2 aromatic heterocycles. The molecule has 0 unspecified atom stereocenters. The quantitative estimate of drug-likeness (QED) is 0.626. The SMILES string of the molecule is CCOC(=O)c1sc2nc(N)c(C#N)c(-c3ccc(OC)c(OC)c3)c2c1N. The molecule has 0 aliphatic rings. The molecule has 0 aliphatic carbocycles. The number of esters is 1. The summed E-state index contributed by atoms with van der Waals surface area (Å²) >= 11 is 1.08. The molecule has 0 aliphatic heterocycles. The average molecular weight is 398 g/mol. The van der Waals surface area contributed by atoms with Crippen molar-refractivity contribution >= 4 is 39.0 Å². The maximum absolute atomic E-state index is 12.3. The summed E-state index contributed by atoms with van der Waals surface area (Å²) in [6.07, 6.45) is 0. The van der Waals surface area contributed by atoms with E-state index >= 15 is 0 Å². The Bertz CT molecular complexity index is 1120. The summed E-state index contributed by atoms with van der Waals surface area (Å²) in [7, 11) is 3.05. The predicted molar refractivity (Wildman–Crippen MR) is 108 cm³/mol. The molecule has 8 nitrogen and oxygen atoms in total. The highest BCUT2D eigenvalue weighted by atomic mass is 32.1. The maximum atomic E-state index is 12.3. The molecule has 0 radical (unpaired) electrons. The number of ether oxygens (including phenoxy) is 3. The van der Waals surface area contributed by atoms with Gasteiger partial charge in [-0.1, -0.05) is 6.07 Å². The largest absolute Gasteiger partial charge is 0.493 e. The third-order valence-electron chi connectivity index (χ3n) is 4.15. The Labute approximate surface area is 165 Å². The fraction of sp³-hybridized carbons (Fsp3) is 0.211. The van der Waals surface area contributed by atoms with Gasteiger partial charge in [0.1, 0.15) is 27.2 Å². The first-order valence-electron chi connectivity index (χ1n) is 8.27. The molecular formula is C19H18N4O4S. The highest BCUT2D eigenvalue weighted by Gasteiger charge is 2.25. The number of carbonyl (C=O) groups is 1. The van der Waals surface area contributed by atoms with Gasteiger partial charge in [0.2, 0.25) is 0 Å². The van der Waals surface area contributed by atoms with Crippen LogP contribution in [0.4, 0.5) is 11.5 Å². The summed E-state index contributed by atoms with van der Waals surface area (Å²) in [4.78, 5) is 17.2. The van der Waals surface area contributed by atoms with Crippen LogP contribution >= 0.6 is 11.3 Å². The van der Waals surface area contributed by atoms with Crippen LogP contribution in [0.1, 0.15) is 22.2 Å². The van der Waals surface area contributed by atoms with Crippen LogP contribution in [0, 0.1) is 11.3 Å². The number of methoxy groups -OCH3 is 2. The van der Waals surface area contributed by atoms with Crippen molar-refractivity contribution < 1.29 is 19.0 Å². The number of fused-ring (bicyclic) bond motifs is 1. The Kier molecular flexibility index (Phi) is 5.24. The number of thiophene rings is 1. The van der Waals surface area contributed by atoms with Crippen LogP contribution in [0.3, 0.4) is 0 Å². The van der Waals surface area contributed by atoms with Crippen LogP contribution in [-0.4, -0.2) is 31.8 Å². The van der Waals surface area contributed by atoms with E-state index in [4.69, 9.17) is 25.7 Å². The lowest BCUT2D eigenvalue weighted by atomic mass is 9.97. The highest BCUT2D eigenvalue weighted by Crippen LogP contribution is 2.44. The van der Waals surface area contributed by atoms with Gasteiger partial charge in [0.25, 0.3) is 0 Å². The highest BCUT2D eigenvalue weighted by molar-refractivity contribution is 7.21. The maximum Gasteiger partial charge on any atom is 0.350 e.